The first-order valence-corrected chi connectivity index (χ1v) is 21.6. The van der Waals surface area contributed by atoms with E-state index in [1.54, 1.807) is 52.2 Å². The Kier molecular flexibility index (Phi) is 8.78. The maximum absolute atomic E-state index is 13.4. The SMILES string of the molecule is CN1C[C@H]2C[C@@H]1CN2C(=O)[C@H]1CCc2c(sc3ncnc(Nc4ccn5nccc5c4)c23)C1.O=C(O)[C@H]1CCc2c(sc3ncnc(Nc4ccn5nccc5c4)c23)C1. The summed E-state index contributed by atoms with van der Waals surface area (Å²) < 4.78 is 3.65. The molecule has 2 bridgehead atoms. The third-order valence-electron chi connectivity index (χ3n) is 12.5. The molecule has 2 aliphatic carbocycles. The van der Waals surface area contributed by atoms with Crippen LogP contribution in [-0.2, 0) is 35.3 Å². The van der Waals surface area contributed by atoms with E-state index in [1.807, 2.05) is 47.2 Å². The molecule has 8 aromatic rings. The summed E-state index contributed by atoms with van der Waals surface area (Å²) in [5.41, 5.74) is 6.43. The normalized spacial score (nSPS) is 21.1. The van der Waals surface area contributed by atoms with E-state index in [4.69, 9.17) is 0 Å². The number of likely N-dealkylation sites (N-methyl/N-ethyl adjacent to an activating group) is 1. The maximum atomic E-state index is 13.4. The van der Waals surface area contributed by atoms with Crippen molar-refractivity contribution < 1.29 is 14.7 Å². The summed E-state index contributed by atoms with van der Waals surface area (Å²) in [5, 5.41) is 26.8. The zero-order valence-electron chi connectivity index (χ0n) is 32.2. The number of fused-ring (bicyclic) bond motifs is 10. The number of carbonyl (C=O) groups is 2. The first-order chi connectivity index (χ1) is 28.8. The lowest BCUT2D eigenvalue weighted by Gasteiger charge is -2.35. The van der Waals surface area contributed by atoms with Crippen LogP contribution in [0.15, 0.2) is 73.8 Å². The Balaban J connectivity index is 0.000000139. The predicted octanol–water partition coefficient (Wildman–Crippen LogP) is 6.37. The standard InChI is InChI=1S/C24H25N7OS.C18H15N5O2S/c1-29-11-18-10-17(29)12-30(18)24(32)14-2-3-19-20(8-14)33-23-21(19)22(25-13-26-23)28-15-5-7-31-16(9-15)4-6-27-31;24-18(25)10-1-2-13-14(7-10)26-17-15(13)16(19-9-20-17)22-11-4-6-23-12(8-11)3-5-21-23/h4-7,9,13-14,17-18H,2-3,8,10-12H2,1H3,(H,25,26,28);3-6,8-10H,1-2,7H2,(H,24,25)(H,19,20,22)/t14-,17+,18+;10-/m00/s1. The lowest BCUT2D eigenvalue weighted by molar-refractivity contribution is -0.142. The van der Waals surface area contributed by atoms with Crippen molar-refractivity contribution in [1.29, 1.82) is 0 Å². The fourth-order valence-corrected chi connectivity index (χ4v) is 12.0. The van der Waals surface area contributed by atoms with Crippen LogP contribution in [0.4, 0.5) is 23.0 Å². The van der Waals surface area contributed by atoms with Gasteiger partial charge in [-0.2, -0.15) is 10.2 Å². The van der Waals surface area contributed by atoms with Crippen molar-refractivity contribution in [2.24, 2.45) is 11.8 Å². The summed E-state index contributed by atoms with van der Waals surface area (Å²) in [6, 6.07) is 12.9. The molecule has 2 fully saturated rings. The summed E-state index contributed by atoms with van der Waals surface area (Å²) in [6.45, 7) is 1.92. The van der Waals surface area contributed by atoms with E-state index in [1.165, 1.54) is 16.0 Å². The minimum absolute atomic E-state index is 0.0869. The monoisotopic (exact) mass is 824 g/mol. The molecule has 15 nitrogen and oxygen atoms in total. The minimum atomic E-state index is -0.716. The van der Waals surface area contributed by atoms with Gasteiger partial charge in [-0.3, -0.25) is 14.5 Å². The minimum Gasteiger partial charge on any atom is -0.481 e. The number of nitrogens with zero attached hydrogens (tertiary/aromatic N) is 10. The molecule has 0 radical (unpaired) electrons. The van der Waals surface area contributed by atoms with Gasteiger partial charge in [0.1, 0.15) is 34.0 Å². The smallest absolute Gasteiger partial charge is 0.306 e. The average Bonchev–Trinajstić information content (AvgIpc) is 4.11. The molecule has 3 N–H and O–H groups in total. The number of aryl methyl sites for hydroxylation is 2. The number of likely N-dealkylation sites (tertiary alicyclic amines) is 2. The topological polar surface area (TPSA) is 171 Å². The van der Waals surface area contributed by atoms with E-state index in [2.05, 4.69) is 63.7 Å². The first kappa shape index (κ1) is 36.1. The van der Waals surface area contributed by atoms with Crippen LogP contribution < -0.4 is 10.6 Å². The number of anilines is 4. The molecular weight excluding hydrogens is 785 g/mol. The number of piperazine rings is 1. The second-order valence-corrected chi connectivity index (χ2v) is 18.2. The summed E-state index contributed by atoms with van der Waals surface area (Å²) in [5.74, 6) is 1.04. The van der Waals surface area contributed by atoms with Crippen molar-refractivity contribution >= 4 is 89.0 Å². The number of nitrogens with one attached hydrogen (secondary N) is 2. The molecule has 17 heteroatoms. The molecule has 2 saturated heterocycles. The van der Waals surface area contributed by atoms with E-state index < -0.39 is 5.97 Å². The Morgan fingerprint density at radius 2 is 1.29 bits per heavy atom. The van der Waals surface area contributed by atoms with Crippen molar-refractivity contribution in [3.8, 4) is 0 Å². The van der Waals surface area contributed by atoms with E-state index in [0.29, 0.717) is 30.8 Å². The Labute approximate surface area is 345 Å². The van der Waals surface area contributed by atoms with Gasteiger partial charge in [-0.1, -0.05) is 0 Å². The van der Waals surface area contributed by atoms with Gasteiger partial charge in [0.15, 0.2) is 0 Å². The van der Waals surface area contributed by atoms with Crippen molar-refractivity contribution in [2.75, 3.05) is 30.8 Å². The number of hydrogen-bond acceptors (Lipinski definition) is 13. The van der Waals surface area contributed by atoms with Gasteiger partial charge in [-0.25, -0.2) is 29.0 Å². The number of carbonyl (C=O) groups excluding carboxylic acids is 1. The van der Waals surface area contributed by atoms with Gasteiger partial charge in [0.05, 0.1) is 27.7 Å². The Bertz CT molecular complexity index is 2930. The maximum Gasteiger partial charge on any atom is 0.306 e. The molecule has 0 spiro atoms. The number of rotatable bonds is 6. The molecule has 59 heavy (non-hydrogen) atoms. The van der Waals surface area contributed by atoms with E-state index in [-0.39, 0.29) is 11.8 Å². The summed E-state index contributed by atoms with van der Waals surface area (Å²) in [4.78, 5) is 51.6. The average molecular weight is 825 g/mol. The Morgan fingerprint density at radius 3 is 1.81 bits per heavy atom. The van der Waals surface area contributed by atoms with E-state index >= 15 is 0 Å². The highest BCUT2D eigenvalue weighted by Gasteiger charge is 2.45. The van der Waals surface area contributed by atoms with Gasteiger partial charge in [-0.05, 0) is 99.5 Å². The number of carboxylic acids is 1. The number of aliphatic carboxylic acids is 1. The second-order valence-electron chi connectivity index (χ2n) is 16.0. The molecule has 0 aromatic carbocycles. The lowest BCUT2D eigenvalue weighted by Crippen LogP contribution is -2.49. The van der Waals surface area contributed by atoms with Crippen LogP contribution >= 0.6 is 22.7 Å². The zero-order chi connectivity index (χ0) is 39.8. The molecule has 4 atom stereocenters. The third kappa shape index (κ3) is 6.44. The molecule has 298 valence electrons. The van der Waals surface area contributed by atoms with Crippen LogP contribution in [0, 0.1) is 11.8 Å². The fraction of sp³-hybridized carbons (Fsp3) is 0.333. The van der Waals surface area contributed by atoms with Crippen LogP contribution in [0.25, 0.3) is 31.5 Å². The number of pyridine rings is 2. The van der Waals surface area contributed by atoms with Gasteiger partial charge >= 0.3 is 5.97 Å². The van der Waals surface area contributed by atoms with Crippen molar-refractivity contribution in [1.82, 2.24) is 49.0 Å². The molecule has 10 heterocycles. The largest absolute Gasteiger partial charge is 0.481 e. The molecule has 8 aromatic heterocycles. The quantitative estimate of drug-likeness (QED) is 0.170. The fourth-order valence-electron chi connectivity index (χ4n) is 9.47. The van der Waals surface area contributed by atoms with Gasteiger partial charge < -0.3 is 20.6 Å². The van der Waals surface area contributed by atoms with E-state index in [0.717, 1.165) is 105 Å². The van der Waals surface area contributed by atoms with Gasteiger partial charge in [-0.15, -0.1) is 22.7 Å². The molecular formula is C42H40N12O3S2. The van der Waals surface area contributed by atoms with Gasteiger partial charge in [0.2, 0.25) is 5.91 Å². The van der Waals surface area contributed by atoms with Crippen LogP contribution in [0.2, 0.25) is 0 Å². The summed E-state index contributed by atoms with van der Waals surface area (Å²) in [6.07, 6.45) is 16.3. The predicted molar refractivity (Wildman–Crippen MR) is 227 cm³/mol. The highest BCUT2D eigenvalue weighted by Crippen LogP contribution is 2.43. The second kappa shape index (κ2) is 14.4. The highest BCUT2D eigenvalue weighted by atomic mass is 32.1. The van der Waals surface area contributed by atoms with E-state index in [9.17, 15) is 14.7 Å². The van der Waals surface area contributed by atoms with Gasteiger partial charge in [0.25, 0.3) is 0 Å². The lowest BCUT2D eigenvalue weighted by atomic mass is 9.86. The molecule has 12 rings (SSSR count). The third-order valence-corrected chi connectivity index (χ3v) is 14.8. The van der Waals surface area contributed by atoms with Crippen LogP contribution in [0.5, 0.6) is 0 Å². The molecule has 0 saturated carbocycles. The van der Waals surface area contributed by atoms with Gasteiger partial charge in [0, 0.05) is 77.0 Å². The molecule has 4 aliphatic rings. The van der Waals surface area contributed by atoms with Crippen molar-refractivity contribution in [3.05, 3.63) is 94.7 Å². The summed E-state index contributed by atoms with van der Waals surface area (Å²) in [7, 11) is 2.18. The number of aromatic nitrogens is 8. The first-order valence-electron chi connectivity index (χ1n) is 20.0. The molecule has 2 aliphatic heterocycles. The molecule has 1 amide bonds. The number of hydrogen-bond donors (Lipinski definition) is 3. The highest BCUT2D eigenvalue weighted by molar-refractivity contribution is 7.19. The summed E-state index contributed by atoms with van der Waals surface area (Å²) >= 11 is 3.30. The van der Waals surface area contributed by atoms with Crippen LogP contribution in [0.1, 0.15) is 40.1 Å². The number of thiophene rings is 2. The number of carboxylic acid groups (broad SMARTS) is 1. The van der Waals surface area contributed by atoms with Crippen LogP contribution in [-0.4, -0.2) is 98.2 Å². The number of amides is 1. The van der Waals surface area contributed by atoms with Crippen molar-refractivity contribution in [2.45, 2.75) is 57.0 Å². The molecule has 0 unspecified atom stereocenters. The van der Waals surface area contributed by atoms with Crippen molar-refractivity contribution in [3.63, 3.8) is 0 Å². The van der Waals surface area contributed by atoms with Crippen LogP contribution in [0.3, 0.4) is 0 Å². The zero-order valence-corrected chi connectivity index (χ0v) is 33.8. The Hall–Kier alpha value is -6.04. The Morgan fingerprint density at radius 1 is 0.729 bits per heavy atom.